The minimum Gasteiger partial charge on any atom is -0.344 e. The lowest BCUT2D eigenvalue weighted by molar-refractivity contribution is -0.127. The summed E-state index contributed by atoms with van der Waals surface area (Å²) < 4.78 is 1.52. The standard InChI is InChI=1S/C24H24N6O2/c1-16(2)23(24(32)26-19-10-12-20(13-11-19)30-15-25-28-29-30)27-22(31)14-18-8-5-7-17-6-3-4-9-21(17)18/h3-13,15-16,23H,14H2,1-2H3,(H,26,32)(H,27,31). The van der Waals surface area contributed by atoms with Crippen molar-refractivity contribution in [3.8, 4) is 5.69 Å². The average molecular weight is 428 g/mol. The predicted molar refractivity (Wildman–Crippen MR) is 122 cm³/mol. The van der Waals surface area contributed by atoms with Gasteiger partial charge in [-0.25, -0.2) is 4.68 Å². The molecule has 1 aromatic heterocycles. The van der Waals surface area contributed by atoms with Crippen LogP contribution in [0.4, 0.5) is 5.69 Å². The molecule has 0 spiro atoms. The number of hydrogen-bond acceptors (Lipinski definition) is 5. The first kappa shape index (κ1) is 21.2. The molecule has 0 saturated heterocycles. The van der Waals surface area contributed by atoms with Crippen molar-refractivity contribution in [2.24, 2.45) is 5.92 Å². The van der Waals surface area contributed by atoms with Gasteiger partial charge in [-0.2, -0.15) is 0 Å². The molecule has 1 heterocycles. The van der Waals surface area contributed by atoms with Gasteiger partial charge in [0.15, 0.2) is 0 Å². The van der Waals surface area contributed by atoms with Crippen LogP contribution < -0.4 is 10.6 Å². The number of anilines is 1. The zero-order chi connectivity index (χ0) is 22.5. The fourth-order valence-corrected chi connectivity index (χ4v) is 3.58. The monoisotopic (exact) mass is 428 g/mol. The van der Waals surface area contributed by atoms with E-state index in [-0.39, 0.29) is 24.2 Å². The Bertz CT molecular complexity index is 1210. The summed E-state index contributed by atoms with van der Waals surface area (Å²) >= 11 is 0. The van der Waals surface area contributed by atoms with Gasteiger partial charge in [0.05, 0.1) is 12.1 Å². The second-order valence-corrected chi connectivity index (χ2v) is 7.89. The summed E-state index contributed by atoms with van der Waals surface area (Å²) in [6, 6.07) is 20.3. The third-order valence-electron chi connectivity index (χ3n) is 5.24. The van der Waals surface area contributed by atoms with E-state index >= 15 is 0 Å². The van der Waals surface area contributed by atoms with E-state index in [4.69, 9.17) is 0 Å². The van der Waals surface area contributed by atoms with Crippen LogP contribution in [0.25, 0.3) is 16.5 Å². The summed E-state index contributed by atoms with van der Waals surface area (Å²) in [6.07, 6.45) is 1.70. The van der Waals surface area contributed by atoms with E-state index in [0.717, 1.165) is 22.0 Å². The fourth-order valence-electron chi connectivity index (χ4n) is 3.58. The second-order valence-electron chi connectivity index (χ2n) is 7.89. The number of carbonyl (C=O) groups excluding carboxylic acids is 2. The zero-order valence-electron chi connectivity index (χ0n) is 17.9. The van der Waals surface area contributed by atoms with Gasteiger partial charge in [-0.05, 0) is 56.9 Å². The highest BCUT2D eigenvalue weighted by Gasteiger charge is 2.24. The van der Waals surface area contributed by atoms with E-state index < -0.39 is 6.04 Å². The number of benzene rings is 3. The Kier molecular flexibility index (Phi) is 6.21. The maximum Gasteiger partial charge on any atom is 0.247 e. The van der Waals surface area contributed by atoms with E-state index in [1.807, 2.05) is 56.3 Å². The van der Waals surface area contributed by atoms with Crippen LogP contribution in [0.15, 0.2) is 73.1 Å². The van der Waals surface area contributed by atoms with Crippen LogP contribution in [-0.2, 0) is 16.0 Å². The van der Waals surface area contributed by atoms with Crippen LogP contribution in [0.2, 0.25) is 0 Å². The highest BCUT2D eigenvalue weighted by molar-refractivity contribution is 5.98. The molecule has 0 fully saturated rings. The van der Waals surface area contributed by atoms with Crippen LogP contribution >= 0.6 is 0 Å². The van der Waals surface area contributed by atoms with E-state index in [2.05, 4.69) is 26.2 Å². The van der Waals surface area contributed by atoms with Gasteiger partial charge in [-0.15, -0.1) is 5.10 Å². The van der Waals surface area contributed by atoms with Gasteiger partial charge in [0.1, 0.15) is 12.4 Å². The van der Waals surface area contributed by atoms with Gasteiger partial charge in [0.25, 0.3) is 0 Å². The number of rotatable bonds is 7. The van der Waals surface area contributed by atoms with E-state index in [1.54, 1.807) is 24.3 Å². The number of carbonyl (C=O) groups is 2. The van der Waals surface area contributed by atoms with Gasteiger partial charge in [-0.1, -0.05) is 56.3 Å². The number of aromatic nitrogens is 4. The third-order valence-corrected chi connectivity index (χ3v) is 5.24. The lowest BCUT2D eigenvalue weighted by atomic mass is 10.00. The van der Waals surface area contributed by atoms with Crippen molar-refractivity contribution in [1.29, 1.82) is 0 Å². The molecule has 2 amide bonds. The van der Waals surface area contributed by atoms with Crippen molar-refractivity contribution in [1.82, 2.24) is 25.5 Å². The first-order valence-corrected chi connectivity index (χ1v) is 10.4. The number of tetrazole rings is 1. The van der Waals surface area contributed by atoms with Gasteiger partial charge in [-0.3, -0.25) is 9.59 Å². The Morgan fingerprint density at radius 2 is 1.72 bits per heavy atom. The molecule has 1 unspecified atom stereocenters. The largest absolute Gasteiger partial charge is 0.344 e. The molecule has 1 atom stereocenters. The first-order chi connectivity index (χ1) is 15.5. The van der Waals surface area contributed by atoms with E-state index in [9.17, 15) is 9.59 Å². The van der Waals surface area contributed by atoms with Crippen molar-refractivity contribution in [2.75, 3.05) is 5.32 Å². The highest BCUT2D eigenvalue weighted by atomic mass is 16.2. The number of nitrogens with zero attached hydrogens (tertiary/aromatic N) is 4. The van der Waals surface area contributed by atoms with Crippen LogP contribution in [0, 0.1) is 5.92 Å². The molecule has 3 aromatic carbocycles. The SMILES string of the molecule is CC(C)C(NC(=O)Cc1cccc2ccccc12)C(=O)Nc1ccc(-n2cnnn2)cc1. The summed E-state index contributed by atoms with van der Waals surface area (Å²) in [5.74, 6) is -0.530. The Hall–Kier alpha value is -4.07. The summed E-state index contributed by atoms with van der Waals surface area (Å²) in [4.78, 5) is 25.7. The summed E-state index contributed by atoms with van der Waals surface area (Å²) in [7, 11) is 0. The maximum absolute atomic E-state index is 12.9. The van der Waals surface area contributed by atoms with E-state index in [0.29, 0.717) is 5.69 Å². The smallest absolute Gasteiger partial charge is 0.247 e. The third kappa shape index (κ3) is 4.80. The predicted octanol–water partition coefficient (Wildman–Crippen LogP) is 3.14. The van der Waals surface area contributed by atoms with Crippen LogP contribution in [0.3, 0.4) is 0 Å². The number of nitrogens with one attached hydrogen (secondary N) is 2. The summed E-state index contributed by atoms with van der Waals surface area (Å²) in [5.41, 5.74) is 2.33. The molecular weight excluding hydrogens is 404 g/mol. The Morgan fingerprint density at radius 1 is 0.969 bits per heavy atom. The minimum atomic E-state index is -0.656. The molecule has 0 aliphatic heterocycles. The van der Waals surface area contributed by atoms with Crippen LogP contribution in [0.5, 0.6) is 0 Å². The van der Waals surface area contributed by atoms with Gasteiger partial charge in [0, 0.05) is 5.69 Å². The van der Waals surface area contributed by atoms with E-state index in [1.165, 1.54) is 11.0 Å². The van der Waals surface area contributed by atoms with Gasteiger partial charge < -0.3 is 10.6 Å². The minimum absolute atomic E-state index is 0.0769. The lowest BCUT2D eigenvalue weighted by Gasteiger charge is -2.22. The molecule has 32 heavy (non-hydrogen) atoms. The first-order valence-electron chi connectivity index (χ1n) is 10.4. The number of hydrogen-bond donors (Lipinski definition) is 2. The Labute approximate surface area is 185 Å². The normalized spacial score (nSPS) is 12.0. The molecule has 4 rings (SSSR count). The molecule has 162 valence electrons. The molecule has 0 saturated carbocycles. The summed E-state index contributed by atoms with van der Waals surface area (Å²) in [6.45, 7) is 3.81. The van der Waals surface area contributed by atoms with Crippen molar-refractivity contribution < 1.29 is 9.59 Å². The molecule has 2 N–H and O–H groups in total. The lowest BCUT2D eigenvalue weighted by Crippen LogP contribution is -2.47. The molecular formula is C24H24N6O2. The van der Waals surface area contributed by atoms with Crippen molar-refractivity contribution >= 4 is 28.3 Å². The maximum atomic E-state index is 12.9. The average Bonchev–Trinajstić information content (AvgIpc) is 3.33. The van der Waals surface area contributed by atoms with Crippen LogP contribution in [0.1, 0.15) is 19.4 Å². The fraction of sp³-hybridized carbons (Fsp3) is 0.208. The number of fused-ring (bicyclic) bond motifs is 1. The molecule has 8 nitrogen and oxygen atoms in total. The molecule has 4 aromatic rings. The van der Waals surface area contributed by atoms with Gasteiger partial charge in [0.2, 0.25) is 11.8 Å². The topological polar surface area (TPSA) is 102 Å². The molecule has 0 aliphatic rings. The number of amides is 2. The van der Waals surface area contributed by atoms with Crippen molar-refractivity contribution in [2.45, 2.75) is 26.3 Å². The molecule has 0 radical (unpaired) electrons. The van der Waals surface area contributed by atoms with Crippen LogP contribution in [-0.4, -0.2) is 38.1 Å². The molecule has 0 aliphatic carbocycles. The zero-order valence-corrected chi connectivity index (χ0v) is 17.9. The summed E-state index contributed by atoms with van der Waals surface area (Å²) in [5, 5.41) is 19.0. The molecule has 8 heteroatoms. The Morgan fingerprint density at radius 3 is 2.44 bits per heavy atom. The van der Waals surface area contributed by atoms with Crippen molar-refractivity contribution in [3.63, 3.8) is 0 Å². The Balaban J connectivity index is 1.42. The molecule has 0 bridgehead atoms. The highest BCUT2D eigenvalue weighted by Crippen LogP contribution is 2.19. The van der Waals surface area contributed by atoms with Gasteiger partial charge >= 0.3 is 0 Å². The van der Waals surface area contributed by atoms with Crippen molar-refractivity contribution in [3.05, 3.63) is 78.6 Å². The quantitative estimate of drug-likeness (QED) is 0.471. The second kappa shape index (κ2) is 9.38.